The number of nitrogens with two attached hydrogens (primary N) is 1. The molecule has 2 aromatic carbocycles. The highest BCUT2D eigenvalue weighted by atomic mass is 16.6. The van der Waals surface area contributed by atoms with Crippen LogP contribution >= 0.6 is 0 Å². The van der Waals surface area contributed by atoms with Crippen LogP contribution in [0.15, 0.2) is 42.5 Å². The number of pyridine rings is 1. The van der Waals surface area contributed by atoms with Gasteiger partial charge < -0.3 is 25.3 Å². The number of ether oxygens (including phenoxy) is 3. The molecule has 0 radical (unpaired) electrons. The number of hydrogen-bond acceptors (Lipinski definition) is 6. The zero-order chi connectivity index (χ0) is 22.0. The fraction of sp³-hybridized carbons (Fsp3) is 0.333. The highest BCUT2D eigenvalue weighted by Gasteiger charge is 2.24. The minimum atomic E-state index is -0.223. The number of aromatic nitrogens is 1. The van der Waals surface area contributed by atoms with Gasteiger partial charge in [-0.15, -0.1) is 0 Å². The number of amides is 1. The van der Waals surface area contributed by atoms with Gasteiger partial charge in [0.2, 0.25) is 0 Å². The van der Waals surface area contributed by atoms with Crippen LogP contribution in [0, 0.1) is 12.8 Å². The molecule has 1 aliphatic heterocycles. The van der Waals surface area contributed by atoms with Gasteiger partial charge in [-0.25, -0.2) is 0 Å². The van der Waals surface area contributed by atoms with Crippen LogP contribution in [0.3, 0.4) is 0 Å². The standard InChI is InChI=1S/C24H27N3O4/c1-14(2)19(27-24(28)16-6-4-9-21-23(16)30-11-10-29-21)13-31-20-8-5-7-18-22(20)17(25)12-15(3)26-18/h4-9,12,14,19H,10-11,13H2,1-3H3,(H2,25,26)(H,27,28). The SMILES string of the molecule is Cc1cc(N)c2c(OCC(NC(=O)c3cccc4c3OCCO4)C(C)C)cccc2n1. The van der Waals surface area contributed by atoms with E-state index >= 15 is 0 Å². The lowest BCUT2D eigenvalue weighted by atomic mass is 10.0. The van der Waals surface area contributed by atoms with E-state index in [9.17, 15) is 4.79 Å². The number of carbonyl (C=O) groups is 1. The van der Waals surface area contributed by atoms with Gasteiger partial charge >= 0.3 is 0 Å². The Morgan fingerprint density at radius 1 is 1.19 bits per heavy atom. The topological polar surface area (TPSA) is 95.7 Å². The average Bonchev–Trinajstić information content (AvgIpc) is 2.75. The Balaban J connectivity index is 1.52. The van der Waals surface area contributed by atoms with Crippen LogP contribution in [0.25, 0.3) is 10.9 Å². The number of nitrogen functional groups attached to an aromatic ring is 1. The largest absolute Gasteiger partial charge is 0.491 e. The molecule has 1 atom stereocenters. The number of nitrogens with one attached hydrogen (secondary N) is 1. The molecular weight excluding hydrogens is 394 g/mol. The average molecular weight is 421 g/mol. The summed E-state index contributed by atoms with van der Waals surface area (Å²) in [5.74, 6) is 1.65. The molecule has 1 amide bonds. The van der Waals surface area contributed by atoms with Crippen LogP contribution in [0.4, 0.5) is 5.69 Å². The summed E-state index contributed by atoms with van der Waals surface area (Å²) in [6.45, 7) is 7.17. The molecule has 0 spiro atoms. The van der Waals surface area contributed by atoms with Crippen molar-refractivity contribution in [3.63, 3.8) is 0 Å². The molecular formula is C24H27N3O4. The monoisotopic (exact) mass is 421 g/mol. The van der Waals surface area contributed by atoms with Crippen molar-refractivity contribution in [1.29, 1.82) is 0 Å². The van der Waals surface area contributed by atoms with Crippen LogP contribution in [0.2, 0.25) is 0 Å². The normalized spacial score (nSPS) is 13.8. The Hall–Kier alpha value is -3.48. The van der Waals surface area contributed by atoms with Crippen LogP contribution in [0.1, 0.15) is 29.9 Å². The van der Waals surface area contributed by atoms with E-state index in [4.69, 9.17) is 19.9 Å². The summed E-state index contributed by atoms with van der Waals surface area (Å²) < 4.78 is 17.4. The molecule has 0 saturated heterocycles. The van der Waals surface area contributed by atoms with E-state index in [0.29, 0.717) is 48.3 Å². The van der Waals surface area contributed by atoms with Gasteiger partial charge in [-0.2, -0.15) is 0 Å². The molecule has 0 saturated carbocycles. The Bertz CT molecular complexity index is 1110. The molecule has 1 aromatic heterocycles. The van der Waals surface area contributed by atoms with Gasteiger partial charge in [0.05, 0.1) is 22.5 Å². The first kappa shape index (κ1) is 20.8. The predicted octanol–water partition coefficient (Wildman–Crippen LogP) is 3.73. The lowest BCUT2D eigenvalue weighted by Crippen LogP contribution is -2.43. The number of aryl methyl sites for hydroxylation is 1. The number of para-hydroxylation sites is 1. The number of rotatable bonds is 6. The Kier molecular flexibility index (Phi) is 5.84. The minimum absolute atomic E-state index is 0.147. The van der Waals surface area contributed by atoms with Gasteiger partial charge in [0.15, 0.2) is 11.5 Å². The summed E-state index contributed by atoms with van der Waals surface area (Å²) in [5, 5.41) is 3.86. The molecule has 7 heteroatoms. The van der Waals surface area contributed by atoms with Crippen molar-refractivity contribution in [2.24, 2.45) is 5.92 Å². The molecule has 0 bridgehead atoms. The Labute approximate surface area is 181 Å². The van der Waals surface area contributed by atoms with E-state index in [0.717, 1.165) is 16.6 Å². The van der Waals surface area contributed by atoms with Gasteiger partial charge in [0.1, 0.15) is 25.6 Å². The van der Waals surface area contributed by atoms with Gasteiger partial charge in [-0.3, -0.25) is 9.78 Å². The predicted molar refractivity (Wildman–Crippen MR) is 120 cm³/mol. The second-order valence-electron chi connectivity index (χ2n) is 7.97. The number of carbonyl (C=O) groups excluding carboxylic acids is 1. The third-order valence-corrected chi connectivity index (χ3v) is 5.30. The lowest BCUT2D eigenvalue weighted by Gasteiger charge is -2.25. The minimum Gasteiger partial charge on any atom is -0.491 e. The second kappa shape index (κ2) is 8.71. The molecule has 1 aliphatic rings. The van der Waals surface area contributed by atoms with Gasteiger partial charge in [-0.1, -0.05) is 26.0 Å². The first-order valence-electron chi connectivity index (χ1n) is 10.4. The summed E-state index contributed by atoms with van der Waals surface area (Å²) in [5.41, 5.74) is 8.95. The molecule has 162 valence electrons. The maximum Gasteiger partial charge on any atom is 0.255 e. The summed E-state index contributed by atoms with van der Waals surface area (Å²) in [6, 6.07) is 12.6. The number of benzene rings is 2. The fourth-order valence-corrected chi connectivity index (χ4v) is 3.62. The van der Waals surface area contributed by atoms with Crippen molar-refractivity contribution in [2.45, 2.75) is 26.8 Å². The Morgan fingerprint density at radius 3 is 2.77 bits per heavy atom. The molecule has 4 rings (SSSR count). The molecule has 7 nitrogen and oxygen atoms in total. The van der Waals surface area contributed by atoms with E-state index in [1.807, 2.05) is 45.0 Å². The van der Waals surface area contributed by atoms with Gasteiger partial charge in [-0.05, 0) is 43.2 Å². The van der Waals surface area contributed by atoms with E-state index < -0.39 is 0 Å². The molecule has 1 unspecified atom stereocenters. The van der Waals surface area contributed by atoms with E-state index in [1.54, 1.807) is 18.2 Å². The lowest BCUT2D eigenvalue weighted by molar-refractivity contribution is 0.0894. The van der Waals surface area contributed by atoms with Crippen LogP contribution in [-0.4, -0.2) is 36.8 Å². The number of anilines is 1. The van der Waals surface area contributed by atoms with Crippen LogP contribution in [-0.2, 0) is 0 Å². The van der Waals surface area contributed by atoms with E-state index in [-0.39, 0.29) is 17.9 Å². The summed E-state index contributed by atoms with van der Waals surface area (Å²) in [6.07, 6.45) is 0. The highest BCUT2D eigenvalue weighted by molar-refractivity contribution is 5.98. The fourth-order valence-electron chi connectivity index (χ4n) is 3.62. The van der Waals surface area contributed by atoms with Gasteiger partial charge in [0.25, 0.3) is 5.91 Å². The molecule has 3 aromatic rings. The summed E-state index contributed by atoms with van der Waals surface area (Å²) in [7, 11) is 0. The molecule has 2 heterocycles. The zero-order valence-corrected chi connectivity index (χ0v) is 18.0. The quantitative estimate of drug-likeness (QED) is 0.630. The number of nitrogens with zero attached hydrogens (tertiary/aromatic N) is 1. The molecule has 0 aliphatic carbocycles. The summed E-state index contributed by atoms with van der Waals surface area (Å²) >= 11 is 0. The first-order chi connectivity index (χ1) is 14.9. The first-order valence-corrected chi connectivity index (χ1v) is 10.4. The van der Waals surface area contributed by atoms with Crippen LogP contribution in [0.5, 0.6) is 17.2 Å². The molecule has 3 N–H and O–H groups in total. The second-order valence-corrected chi connectivity index (χ2v) is 7.97. The highest BCUT2D eigenvalue weighted by Crippen LogP contribution is 2.34. The summed E-state index contributed by atoms with van der Waals surface area (Å²) in [4.78, 5) is 17.5. The van der Waals surface area contributed by atoms with E-state index in [1.165, 1.54) is 0 Å². The third-order valence-electron chi connectivity index (χ3n) is 5.30. The van der Waals surface area contributed by atoms with Crippen molar-refractivity contribution in [2.75, 3.05) is 25.6 Å². The van der Waals surface area contributed by atoms with Crippen LogP contribution < -0.4 is 25.3 Å². The number of fused-ring (bicyclic) bond motifs is 2. The maximum atomic E-state index is 13.0. The smallest absolute Gasteiger partial charge is 0.255 e. The van der Waals surface area contributed by atoms with E-state index in [2.05, 4.69) is 10.3 Å². The van der Waals surface area contributed by atoms with Crippen molar-refractivity contribution in [1.82, 2.24) is 10.3 Å². The van der Waals surface area contributed by atoms with Crippen molar-refractivity contribution < 1.29 is 19.0 Å². The van der Waals surface area contributed by atoms with Crippen molar-refractivity contribution in [3.05, 3.63) is 53.7 Å². The maximum absolute atomic E-state index is 13.0. The zero-order valence-electron chi connectivity index (χ0n) is 18.0. The Morgan fingerprint density at radius 2 is 1.97 bits per heavy atom. The molecule has 0 fully saturated rings. The van der Waals surface area contributed by atoms with Crippen molar-refractivity contribution >= 4 is 22.5 Å². The van der Waals surface area contributed by atoms with Gasteiger partial charge in [0, 0.05) is 11.4 Å². The van der Waals surface area contributed by atoms with Crippen molar-refractivity contribution in [3.8, 4) is 17.2 Å². The number of hydrogen-bond donors (Lipinski definition) is 2. The third kappa shape index (κ3) is 4.35. The molecule has 31 heavy (non-hydrogen) atoms.